The summed E-state index contributed by atoms with van der Waals surface area (Å²) in [5, 5.41) is 8.44. The number of hydrogen-bond donors (Lipinski definition) is 2. The fourth-order valence-corrected chi connectivity index (χ4v) is 2.48. The van der Waals surface area contributed by atoms with Crippen LogP contribution in [0.5, 0.6) is 0 Å². The molecule has 0 heterocycles. The molecule has 0 unspecified atom stereocenters. The molecule has 0 atom stereocenters. The maximum atomic E-state index is 13.3. The fraction of sp³-hybridized carbons (Fsp3) is 0.250. The molecule has 0 aromatic heterocycles. The maximum Gasteiger partial charge on any atom is 0.138 e. The standard InChI is InChI=1S/C8H9BrFNOS/c1-13-8-6(9)2-5(4-11-12)3-7(8)10/h2-3,11-12H,4H2,1H3. The van der Waals surface area contributed by atoms with Crippen molar-refractivity contribution in [1.29, 1.82) is 0 Å². The second kappa shape index (κ2) is 4.95. The predicted molar refractivity (Wildman–Crippen MR) is 54.5 cm³/mol. The molecule has 2 nitrogen and oxygen atoms in total. The molecule has 0 fully saturated rings. The van der Waals surface area contributed by atoms with E-state index in [0.717, 1.165) is 0 Å². The highest BCUT2D eigenvalue weighted by atomic mass is 79.9. The topological polar surface area (TPSA) is 32.3 Å². The van der Waals surface area contributed by atoms with Crippen LogP contribution in [0.25, 0.3) is 0 Å². The molecule has 0 saturated carbocycles. The Morgan fingerprint density at radius 1 is 1.62 bits per heavy atom. The third-order valence-corrected chi connectivity index (χ3v) is 3.26. The highest BCUT2D eigenvalue weighted by Gasteiger charge is 2.07. The zero-order valence-corrected chi connectivity index (χ0v) is 9.38. The van der Waals surface area contributed by atoms with Gasteiger partial charge < -0.3 is 5.21 Å². The highest BCUT2D eigenvalue weighted by Crippen LogP contribution is 2.29. The van der Waals surface area contributed by atoms with Crippen LogP contribution in [0.3, 0.4) is 0 Å². The van der Waals surface area contributed by atoms with Crippen molar-refractivity contribution in [3.63, 3.8) is 0 Å². The lowest BCUT2D eigenvalue weighted by Crippen LogP contribution is -2.06. The van der Waals surface area contributed by atoms with Gasteiger partial charge in [-0.2, -0.15) is 0 Å². The van der Waals surface area contributed by atoms with Crippen molar-refractivity contribution in [2.45, 2.75) is 11.4 Å². The Labute approximate surface area is 88.6 Å². The average Bonchev–Trinajstić information content (AvgIpc) is 2.04. The summed E-state index contributed by atoms with van der Waals surface area (Å²) in [5.41, 5.74) is 2.68. The van der Waals surface area contributed by atoms with Crippen molar-refractivity contribution in [2.24, 2.45) is 0 Å². The molecule has 13 heavy (non-hydrogen) atoms. The molecule has 0 aliphatic heterocycles. The molecule has 1 aromatic carbocycles. The molecular formula is C8H9BrFNOS. The first-order chi connectivity index (χ1) is 6.19. The lowest BCUT2D eigenvalue weighted by Gasteiger charge is -2.05. The van der Waals surface area contributed by atoms with Crippen LogP contribution in [0, 0.1) is 5.82 Å². The Morgan fingerprint density at radius 2 is 2.31 bits per heavy atom. The number of thioether (sulfide) groups is 1. The molecule has 0 bridgehead atoms. The van der Waals surface area contributed by atoms with Gasteiger partial charge in [0.2, 0.25) is 0 Å². The Morgan fingerprint density at radius 3 is 2.77 bits per heavy atom. The molecule has 0 spiro atoms. The summed E-state index contributed by atoms with van der Waals surface area (Å²) in [6.45, 7) is 0.240. The highest BCUT2D eigenvalue weighted by molar-refractivity contribution is 9.10. The van der Waals surface area contributed by atoms with Gasteiger partial charge in [0.25, 0.3) is 0 Å². The molecule has 0 radical (unpaired) electrons. The Kier molecular flexibility index (Phi) is 4.18. The summed E-state index contributed by atoms with van der Waals surface area (Å²) in [4.78, 5) is 0.585. The number of benzene rings is 1. The van der Waals surface area contributed by atoms with Gasteiger partial charge in [0.15, 0.2) is 0 Å². The molecule has 5 heteroatoms. The molecule has 1 aromatic rings. The summed E-state index contributed by atoms with van der Waals surface area (Å²) in [7, 11) is 0. The first-order valence-corrected chi connectivity index (χ1v) is 5.59. The number of rotatable bonds is 3. The summed E-state index contributed by atoms with van der Waals surface area (Å²) in [6, 6.07) is 3.18. The Bertz CT molecular complexity index is 285. The van der Waals surface area contributed by atoms with E-state index in [-0.39, 0.29) is 12.4 Å². The Hall–Kier alpha value is -0.100. The van der Waals surface area contributed by atoms with Gasteiger partial charge in [-0.05, 0) is 39.9 Å². The van der Waals surface area contributed by atoms with Crippen LogP contribution in [-0.4, -0.2) is 11.5 Å². The minimum absolute atomic E-state index is 0.240. The van der Waals surface area contributed by atoms with E-state index in [2.05, 4.69) is 15.9 Å². The zero-order chi connectivity index (χ0) is 9.84. The van der Waals surface area contributed by atoms with Crippen LogP contribution in [0.15, 0.2) is 21.5 Å². The Balaban J connectivity index is 3.05. The van der Waals surface area contributed by atoms with Crippen LogP contribution >= 0.6 is 27.7 Å². The molecule has 0 amide bonds. The normalized spacial score (nSPS) is 10.5. The van der Waals surface area contributed by atoms with E-state index in [1.165, 1.54) is 17.8 Å². The van der Waals surface area contributed by atoms with Crippen LogP contribution in [0.1, 0.15) is 5.56 Å². The lowest BCUT2D eigenvalue weighted by atomic mass is 10.2. The van der Waals surface area contributed by atoms with E-state index in [1.807, 2.05) is 11.7 Å². The molecule has 2 N–H and O–H groups in total. The monoisotopic (exact) mass is 265 g/mol. The number of halogens is 2. The largest absolute Gasteiger partial charge is 0.316 e. The average molecular weight is 266 g/mol. The number of hydrogen-bond acceptors (Lipinski definition) is 3. The van der Waals surface area contributed by atoms with Gasteiger partial charge in [-0.25, -0.2) is 9.87 Å². The summed E-state index contributed by atoms with van der Waals surface area (Å²) >= 11 is 4.60. The zero-order valence-electron chi connectivity index (χ0n) is 6.97. The quantitative estimate of drug-likeness (QED) is 0.651. The first-order valence-electron chi connectivity index (χ1n) is 3.58. The van der Waals surface area contributed by atoms with Gasteiger partial charge in [-0.15, -0.1) is 11.8 Å². The van der Waals surface area contributed by atoms with E-state index >= 15 is 0 Å². The fourth-order valence-electron chi connectivity index (χ4n) is 1.00. The first kappa shape index (κ1) is 11.0. The smallest absolute Gasteiger partial charge is 0.138 e. The molecule has 0 saturated heterocycles. The SMILES string of the molecule is CSc1c(F)cc(CNO)cc1Br. The molecular weight excluding hydrogens is 257 g/mol. The third-order valence-electron chi connectivity index (χ3n) is 1.55. The maximum absolute atomic E-state index is 13.3. The van der Waals surface area contributed by atoms with Gasteiger partial charge in [-0.1, -0.05) is 0 Å². The third kappa shape index (κ3) is 2.67. The lowest BCUT2D eigenvalue weighted by molar-refractivity contribution is 0.161. The summed E-state index contributed by atoms with van der Waals surface area (Å²) < 4.78 is 14.0. The molecule has 0 aliphatic rings. The van der Waals surface area contributed by atoms with Crippen molar-refractivity contribution in [1.82, 2.24) is 5.48 Å². The second-order valence-corrected chi connectivity index (χ2v) is 4.10. The minimum atomic E-state index is -0.271. The van der Waals surface area contributed by atoms with Gasteiger partial charge in [0, 0.05) is 11.0 Å². The van der Waals surface area contributed by atoms with Gasteiger partial charge in [-0.3, -0.25) is 0 Å². The summed E-state index contributed by atoms with van der Waals surface area (Å²) in [5.74, 6) is -0.271. The van der Waals surface area contributed by atoms with E-state index in [1.54, 1.807) is 6.07 Å². The molecule has 1 rings (SSSR count). The van der Waals surface area contributed by atoms with Crippen molar-refractivity contribution in [2.75, 3.05) is 6.26 Å². The number of nitrogens with one attached hydrogen (secondary N) is 1. The van der Waals surface area contributed by atoms with E-state index in [9.17, 15) is 4.39 Å². The van der Waals surface area contributed by atoms with E-state index in [0.29, 0.717) is 14.9 Å². The van der Waals surface area contributed by atoms with E-state index < -0.39 is 0 Å². The van der Waals surface area contributed by atoms with Crippen LogP contribution in [-0.2, 0) is 6.54 Å². The second-order valence-electron chi connectivity index (χ2n) is 2.43. The van der Waals surface area contributed by atoms with Crippen LogP contribution in [0.2, 0.25) is 0 Å². The molecule has 0 aliphatic carbocycles. The van der Waals surface area contributed by atoms with Crippen molar-refractivity contribution in [3.05, 3.63) is 28.0 Å². The van der Waals surface area contributed by atoms with Gasteiger partial charge >= 0.3 is 0 Å². The minimum Gasteiger partial charge on any atom is -0.316 e. The number of hydroxylamine groups is 1. The predicted octanol–water partition coefficient (Wildman–Crippen LogP) is 2.79. The van der Waals surface area contributed by atoms with Crippen LogP contribution in [0.4, 0.5) is 4.39 Å². The molecule has 72 valence electrons. The van der Waals surface area contributed by atoms with Crippen molar-refractivity contribution >= 4 is 27.7 Å². The van der Waals surface area contributed by atoms with Crippen molar-refractivity contribution < 1.29 is 9.60 Å². The van der Waals surface area contributed by atoms with Gasteiger partial charge in [0.05, 0.1) is 4.90 Å². The summed E-state index contributed by atoms with van der Waals surface area (Å²) in [6.07, 6.45) is 1.81. The van der Waals surface area contributed by atoms with E-state index in [4.69, 9.17) is 5.21 Å². The van der Waals surface area contributed by atoms with Crippen LogP contribution < -0.4 is 5.48 Å². The van der Waals surface area contributed by atoms with Gasteiger partial charge in [0.1, 0.15) is 5.82 Å². The van der Waals surface area contributed by atoms with Crippen molar-refractivity contribution in [3.8, 4) is 0 Å².